The van der Waals surface area contributed by atoms with Gasteiger partial charge in [-0.25, -0.2) is 4.98 Å². The van der Waals surface area contributed by atoms with Crippen LogP contribution < -0.4 is 0 Å². The van der Waals surface area contributed by atoms with Crippen molar-refractivity contribution >= 4 is 28.7 Å². The lowest BCUT2D eigenvalue weighted by atomic mass is 10.1. The molecule has 1 aliphatic heterocycles. The summed E-state index contributed by atoms with van der Waals surface area (Å²) in [5.74, 6) is 1.00. The molecule has 5 nitrogen and oxygen atoms in total. The minimum atomic E-state index is 0.139. The fourth-order valence-electron chi connectivity index (χ4n) is 3.97. The summed E-state index contributed by atoms with van der Waals surface area (Å²) in [5.41, 5.74) is 5.15. The quantitative estimate of drug-likeness (QED) is 0.405. The van der Waals surface area contributed by atoms with Crippen LogP contribution in [0.4, 0.5) is 0 Å². The second-order valence-electron chi connectivity index (χ2n) is 7.82. The number of hydrogen-bond donors (Lipinski definition) is 0. The standard InChI is InChI=1S/C25H24N4OS/c30-24(28-14-4-5-15-28)21-10-8-19(9-11-21)17-29-23-16-26-13-12-22(23)27-25(29)31-18-20-6-2-1-3-7-20/h1-3,6-13,16H,4-5,14-15,17-18H2. The van der Waals surface area contributed by atoms with Crippen LogP contribution >= 0.6 is 11.8 Å². The number of likely N-dealkylation sites (tertiary alicyclic amines) is 1. The number of thioether (sulfide) groups is 1. The van der Waals surface area contributed by atoms with Crippen molar-refractivity contribution in [3.8, 4) is 0 Å². The van der Waals surface area contributed by atoms with Gasteiger partial charge in [0.1, 0.15) is 0 Å². The van der Waals surface area contributed by atoms with Crippen LogP contribution in [-0.2, 0) is 12.3 Å². The number of fused-ring (bicyclic) bond motifs is 1. The Bertz CT molecular complexity index is 1180. The molecule has 3 heterocycles. The molecule has 0 atom stereocenters. The van der Waals surface area contributed by atoms with Crippen molar-refractivity contribution in [3.63, 3.8) is 0 Å². The van der Waals surface area contributed by atoms with E-state index in [-0.39, 0.29) is 5.91 Å². The molecular formula is C25H24N4OS. The maximum atomic E-state index is 12.6. The van der Waals surface area contributed by atoms with Crippen LogP contribution in [0.2, 0.25) is 0 Å². The summed E-state index contributed by atoms with van der Waals surface area (Å²) in [6, 6.07) is 20.4. The van der Waals surface area contributed by atoms with Gasteiger partial charge in [0.15, 0.2) is 5.16 Å². The smallest absolute Gasteiger partial charge is 0.253 e. The SMILES string of the molecule is O=C(c1ccc(Cn2c(SCc3ccccc3)nc3ccncc32)cc1)N1CCCC1. The lowest BCUT2D eigenvalue weighted by Crippen LogP contribution is -2.27. The third-order valence-electron chi connectivity index (χ3n) is 5.66. The van der Waals surface area contributed by atoms with Crippen molar-refractivity contribution in [2.45, 2.75) is 30.3 Å². The van der Waals surface area contributed by atoms with Gasteiger partial charge in [0.2, 0.25) is 0 Å². The number of nitrogens with zero attached hydrogens (tertiary/aromatic N) is 4. The zero-order chi connectivity index (χ0) is 21.0. The lowest BCUT2D eigenvalue weighted by molar-refractivity contribution is 0.0793. The van der Waals surface area contributed by atoms with Gasteiger partial charge >= 0.3 is 0 Å². The molecule has 0 N–H and O–H groups in total. The molecule has 1 saturated heterocycles. The third kappa shape index (κ3) is 4.35. The highest BCUT2D eigenvalue weighted by molar-refractivity contribution is 7.98. The molecular weight excluding hydrogens is 404 g/mol. The van der Waals surface area contributed by atoms with E-state index in [0.29, 0.717) is 6.54 Å². The predicted molar refractivity (Wildman–Crippen MR) is 124 cm³/mol. The molecule has 6 heteroatoms. The molecule has 0 bridgehead atoms. The molecule has 1 fully saturated rings. The minimum Gasteiger partial charge on any atom is -0.339 e. The Morgan fingerprint density at radius 1 is 0.935 bits per heavy atom. The van der Waals surface area contributed by atoms with Crippen LogP contribution in [-0.4, -0.2) is 38.4 Å². The first-order valence-corrected chi connectivity index (χ1v) is 11.6. The monoisotopic (exact) mass is 428 g/mol. The molecule has 0 aliphatic carbocycles. The van der Waals surface area contributed by atoms with E-state index in [1.165, 1.54) is 5.56 Å². The normalized spacial score (nSPS) is 13.7. The average molecular weight is 429 g/mol. The number of benzene rings is 2. The number of imidazole rings is 1. The van der Waals surface area contributed by atoms with Crippen molar-refractivity contribution in [1.29, 1.82) is 0 Å². The topological polar surface area (TPSA) is 51.0 Å². The Morgan fingerprint density at radius 2 is 1.71 bits per heavy atom. The maximum absolute atomic E-state index is 12.6. The Balaban J connectivity index is 1.38. The Labute approximate surface area is 186 Å². The van der Waals surface area contributed by atoms with Crippen LogP contribution in [0.5, 0.6) is 0 Å². The molecule has 2 aromatic heterocycles. The highest BCUT2D eigenvalue weighted by atomic mass is 32.2. The molecule has 0 radical (unpaired) electrons. The number of hydrogen-bond acceptors (Lipinski definition) is 4. The van der Waals surface area contributed by atoms with Gasteiger partial charge in [-0.1, -0.05) is 54.2 Å². The van der Waals surface area contributed by atoms with Gasteiger partial charge in [-0.05, 0) is 42.2 Å². The summed E-state index contributed by atoms with van der Waals surface area (Å²) in [6.45, 7) is 2.44. The molecule has 1 amide bonds. The highest BCUT2D eigenvalue weighted by Gasteiger charge is 2.19. The van der Waals surface area contributed by atoms with Gasteiger partial charge in [-0.15, -0.1) is 0 Å². The highest BCUT2D eigenvalue weighted by Crippen LogP contribution is 2.27. The van der Waals surface area contributed by atoms with Crippen LogP contribution in [0.25, 0.3) is 11.0 Å². The van der Waals surface area contributed by atoms with E-state index in [0.717, 1.165) is 59.0 Å². The van der Waals surface area contributed by atoms with E-state index in [4.69, 9.17) is 4.98 Å². The number of carbonyl (C=O) groups excluding carboxylic acids is 1. The van der Waals surface area contributed by atoms with Crippen molar-refractivity contribution in [2.24, 2.45) is 0 Å². The molecule has 2 aromatic carbocycles. The first kappa shape index (κ1) is 19.8. The summed E-state index contributed by atoms with van der Waals surface area (Å²) in [4.78, 5) is 23.7. The van der Waals surface area contributed by atoms with E-state index < -0.39 is 0 Å². The molecule has 31 heavy (non-hydrogen) atoms. The average Bonchev–Trinajstić information content (AvgIpc) is 3.47. The summed E-state index contributed by atoms with van der Waals surface area (Å²) >= 11 is 1.73. The Morgan fingerprint density at radius 3 is 2.48 bits per heavy atom. The molecule has 156 valence electrons. The van der Waals surface area contributed by atoms with Crippen molar-refractivity contribution in [3.05, 3.63) is 89.7 Å². The van der Waals surface area contributed by atoms with Crippen LogP contribution in [0.1, 0.15) is 34.3 Å². The molecule has 0 saturated carbocycles. The summed E-state index contributed by atoms with van der Waals surface area (Å²) in [5, 5.41) is 0.976. The largest absolute Gasteiger partial charge is 0.339 e. The first-order chi connectivity index (χ1) is 15.3. The Kier molecular flexibility index (Phi) is 5.71. The molecule has 0 unspecified atom stereocenters. The van der Waals surface area contributed by atoms with E-state index >= 15 is 0 Å². The first-order valence-electron chi connectivity index (χ1n) is 10.6. The number of carbonyl (C=O) groups is 1. The fourth-order valence-corrected chi connectivity index (χ4v) is 4.94. The zero-order valence-electron chi connectivity index (χ0n) is 17.3. The Hall–Kier alpha value is -3.12. The predicted octanol–water partition coefficient (Wildman–Crippen LogP) is 5.01. The van der Waals surface area contributed by atoms with E-state index in [1.807, 2.05) is 35.4 Å². The second-order valence-corrected chi connectivity index (χ2v) is 8.76. The van der Waals surface area contributed by atoms with Gasteiger partial charge in [0.25, 0.3) is 5.91 Å². The molecule has 4 aromatic rings. The fraction of sp³-hybridized carbons (Fsp3) is 0.240. The summed E-state index contributed by atoms with van der Waals surface area (Å²) in [6.07, 6.45) is 5.87. The van der Waals surface area contributed by atoms with Gasteiger partial charge < -0.3 is 9.47 Å². The van der Waals surface area contributed by atoms with Crippen LogP contribution in [0.15, 0.2) is 78.2 Å². The van der Waals surface area contributed by atoms with Gasteiger partial charge in [-0.2, -0.15) is 0 Å². The van der Waals surface area contributed by atoms with E-state index in [2.05, 4.69) is 45.9 Å². The number of rotatable bonds is 6. The van der Waals surface area contributed by atoms with E-state index in [9.17, 15) is 4.79 Å². The molecule has 0 spiro atoms. The van der Waals surface area contributed by atoms with Crippen molar-refractivity contribution < 1.29 is 4.79 Å². The van der Waals surface area contributed by atoms with Gasteiger partial charge in [-0.3, -0.25) is 9.78 Å². The van der Waals surface area contributed by atoms with Crippen LogP contribution in [0.3, 0.4) is 0 Å². The van der Waals surface area contributed by atoms with Gasteiger partial charge in [0.05, 0.1) is 23.8 Å². The van der Waals surface area contributed by atoms with Crippen molar-refractivity contribution in [2.75, 3.05) is 13.1 Å². The van der Waals surface area contributed by atoms with Crippen LogP contribution in [0, 0.1) is 0 Å². The maximum Gasteiger partial charge on any atom is 0.253 e. The third-order valence-corrected chi connectivity index (χ3v) is 6.71. The summed E-state index contributed by atoms with van der Waals surface area (Å²) < 4.78 is 2.22. The van der Waals surface area contributed by atoms with Crippen molar-refractivity contribution in [1.82, 2.24) is 19.4 Å². The second kappa shape index (κ2) is 8.94. The molecule has 5 rings (SSSR count). The number of amides is 1. The summed E-state index contributed by atoms with van der Waals surface area (Å²) in [7, 11) is 0. The minimum absolute atomic E-state index is 0.139. The van der Waals surface area contributed by atoms with E-state index in [1.54, 1.807) is 18.0 Å². The van der Waals surface area contributed by atoms with Gasteiger partial charge in [0, 0.05) is 30.6 Å². The number of pyridine rings is 1. The lowest BCUT2D eigenvalue weighted by Gasteiger charge is -2.15. The number of aromatic nitrogens is 3. The zero-order valence-corrected chi connectivity index (χ0v) is 18.1. The molecule has 1 aliphatic rings.